The highest BCUT2D eigenvalue weighted by Crippen LogP contribution is 2.25. The number of aliphatic hydroxyl groups excluding tert-OH is 2. The summed E-state index contributed by atoms with van der Waals surface area (Å²) in [6.07, 6.45) is -3.04. The van der Waals surface area contributed by atoms with Gasteiger partial charge in [-0.2, -0.15) is 0 Å². The van der Waals surface area contributed by atoms with Crippen molar-refractivity contribution in [1.82, 2.24) is 0 Å². The summed E-state index contributed by atoms with van der Waals surface area (Å²) in [5.41, 5.74) is 6.11. The molecular weight excluding hydrogens is 246 g/mol. The van der Waals surface area contributed by atoms with E-state index in [0.717, 1.165) is 0 Å². The second-order valence-electron chi connectivity index (χ2n) is 3.42. The third-order valence-electron chi connectivity index (χ3n) is 2.19. The van der Waals surface area contributed by atoms with Gasteiger partial charge in [0, 0.05) is 0 Å². The summed E-state index contributed by atoms with van der Waals surface area (Å²) in [5.74, 6) is -0.881. The SMILES string of the molecule is CCOC(=O)C(O)C(O)c1ccc(Cl)c(N)c1. The van der Waals surface area contributed by atoms with Crippen LogP contribution in [0.5, 0.6) is 0 Å². The molecule has 0 spiro atoms. The number of ether oxygens (including phenoxy) is 1. The van der Waals surface area contributed by atoms with Crippen molar-refractivity contribution in [1.29, 1.82) is 0 Å². The molecule has 0 aliphatic heterocycles. The molecule has 17 heavy (non-hydrogen) atoms. The van der Waals surface area contributed by atoms with Crippen molar-refractivity contribution in [2.75, 3.05) is 12.3 Å². The third kappa shape index (κ3) is 3.33. The highest BCUT2D eigenvalue weighted by atomic mass is 35.5. The number of esters is 1. The number of carbonyl (C=O) groups is 1. The number of anilines is 1. The number of benzene rings is 1. The summed E-state index contributed by atoms with van der Waals surface area (Å²) in [4.78, 5) is 11.2. The minimum absolute atomic E-state index is 0.130. The molecule has 94 valence electrons. The second kappa shape index (κ2) is 5.86. The first kappa shape index (κ1) is 13.8. The van der Waals surface area contributed by atoms with Crippen molar-refractivity contribution >= 4 is 23.3 Å². The van der Waals surface area contributed by atoms with E-state index >= 15 is 0 Å². The average molecular weight is 260 g/mol. The predicted octanol–water partition coefficient (Wildman–Crippen LogP) is 0.880. The van der Waals surface area contributed by atoms with Crippen LogP contribution in [0.1, 0.15) is 18.6 Å². The third-order valence-corrected chi connectivity index (χ3v) is 2.53. The summed E-state index contributed by atoms with van der Waals surface area (Å²) < 4.78 is 4.59. The van der Waals surface area contributed by atoms with Gasteiger partial charge in [0.25, 0.3) is 0 Å². The van der Waals surface area contributed by atoms with Gasteiger partial charge in [-0.25, -0.2) is 4.79 Å². The largest absolute Gasteiger partial charge is 0.464 e. The number of aliphatic hydroxyl groups is 2. The quantitative estimate of drug-likeness (QED) is 0.551. The van der Waals surface area contributed by atoms with Gasteiger partial charge in [-0.15, -0.1) is 0 Å². The van der Waals surface area contributed by atoms with Crippen LogP contribution in [0.2, 0.25) is 5.02 Å². The van der Waals surface area contributed by atoms with Crippen LogP contribution in [0.25, 0.3) is 0 Å². The number of halogens is 1. The molecular formula is C11H14ClNO4. The Bertz CT molecular complexity index is 410. The summed E-state index contributed by atoms with van der Waals surface area (Å²) in [6.45, 7) is 1.74. The van der Waals surface area contributed by atoms with E-state index in [0.29, 0.717) is 10.6 Å². The number of rotatable bonds is 4. The first-order valence-corrected chi connectivity index (χ1v) is 5.42. The Balaban J connectivity index is 2.84. The van der Waals surface area contributed by atoms with Crippen molar-refractivity contribution in [2.45, 2.75) is 19.1 Å². The molecule has 1 aromatic rings. The molecule has 0 aliphatic rings. The van der Waals surface area contributed by atoms with E-state index in [9.17, 15) is 15.0 Å². The van der Waals surface area contributed by atoms with Crippen molar-refractivity contribution in [3.8, 4) is 0 Å². The fraction of sp³-hybridized carbons (Fsp3) is 0.364. The van der Waals surface area contributed by atoms with Crippen LogP contribution in [0, 0.1) is 0 Å². The molecule has 2 unspecified atom stereocenters. The maximum absolute atomic E-state index is 11.2. The Labute approximate surface area is 104 Å². The highest BCUT2D eigenvalue weighted by molar-refractivity contribution is 6.33. The Hall–Kier alpha value is -1.30. The molecule has 0 aliphatic carbocycles. The van der Waals surface area contributed by atoms with Crippen LogP contribution in [0.4, 0.5) is 5.69 Å². The number of hydrogen-bond donors (Lipinski definition) is 3. The van der Waals surface area contributed by atoms with Gasteiger partial charge in [0.15, 0.2) is 6.10 Å². The molecule has 0 saturated carbocycles. The van der Waals surface area contributed by atoms with E-state index in [1.807, 2.05) is 0 Å². The van der Waals surface area contributed by atoms with Gasteiger partial charge in [-0.3, -0.25) is 0 Å². The molecule has 0 amide bonds. The maximum atomic E-state index is 11.2. The lowest BCUT2D eigenvalue weighted by Crippen LogP contribution is -2.29. The highest BCUT2D eigenvalue weighted by Gasteiger charge is 2.27. The van der Waals surface area contributed by atoms with Gasteiger partial charge >= 0.3 is 5.97 Å². The second-order valence-corrected chi connectivity index (χ2v) is 3.83. The zero-order valence-corrected chi connectivity index (χ0v) is 10.0. The van der Waals surface area contributed by atoms with Gasteiger partial charge in [0.2, 0.25) is 0 Å². The molecule has 6 heteroatoms. The predicted molar refractivity (Wildman–Crippen MR) is 63.5 cm³/mol. The van der Waals surface area contributed by atoms with Gasteiger partial charge in [-0.1, -0.05) is 17.7 Å². The van der Waals surface area contributed by atoms with Crippen LogP contribution >= 0.6 is 11.6 Å². The lowest BCUT2D eigenvalue weighted by atomic mass is 10.0. The molecule has 0 saturated heterocycles. The topological polar surface area (TPSA) is 92.8 Å². The first-order chi connectivity index (χ1) is 7.97. The Morgan fingerprint density at radius 3 is 2.71 bits per heavy atom. The molecule has 1 aromatic carbocycles. The minimum atomic E-state index is -1.64. The van der Waals surface area contributed by atoms with Gasteiger partial charge < -0.3 is 20.7 Å². The van der Waals surface area contributed by atoms with Crippen molar-refractivity contribution in [2.24, 2.45) is 0 Å². The van der Waals surface area contributed by atoms with Crippen LogP contribution in [-0.2, 0) is 9.53 Å². The maximum Gasteiger partial charge on any atom is 0.338 e. The molecule has 2 atom stereocenters. The molecule has 4 N–H and O–H groups in total. The summed E-state index contributed by atoms with van der Waals surface area (Å²) in [5, 5.41) is 19.6. The van der Waals surface area contributed by atoms with Crippen LogP contribution in [0.15, 0.2) is 18.2 Å². The molecule has 5 nitrogen and oxygen atoms in total. The molecule has 0 aromatic heterocycles. The van der Waals surface area contributed by atoms with Crippen LogP contribution < -0.4 is 5.73 Å². The fourth-order valence-electron chi connectivity index (χ4n) is 1.29. The summed E-state index contributed by atoms with van der Waals surface area (Å²) in [6, 6.07) is 4.36. The van der Waals surface area contributed by atoms with E-state index in [-0.39, 0.29) is 12.3 Å². The summed E-state index contributed by atoms with van der Waals surface area (Å²) in [7, 11) is 0. The van der Waals surface area contributed by atoms with Crippen molar-refractivity contribution in [3.05, 3.63) is 28.8 Å². The standard InChI is InChI=1S/C11H14ClNO4/c1-2-17-11(16)10(15)9(14)6-3-4-7(12)8(13)5-6/h3-5,9-10,14-15H,2,13H2,1H3. The van der Waals surface area contributed by atoms with Crippen LogP contribution in [0.3, 0.4) is 0 Å². The summed E-state index contributed by atoms with van der Waals surface area (Å²) >= 11 is 5.72. The Morgan fingerprint density at radius 1 is 1.53 bits per heavy atom. The molecule has 0 bridgehead atoms. The van der Waals surface area contributed by atoms with E-state index in [1.165, 1.54) is 18.2 Å². The lowest BCUT2D eigenvalue weighted by molar-refractivity contribution is -0.159. The monoisotopic (exact) mass is 259 g/mol. The molecule has 0 fully saturated rings. The lowest BCUT2D eigenvalue weighted by Gasteiger charge is -2.17. The zero-order chi connectivity index (χ0) is 13.0. The van der Waals surface area contributed by atoms with E-state index in [4.69, 9.17) is 17.3 Å². The Kier molecular flexibility index (Phi) is 4.74. The molecule has 0 radical (unpaired) electrons. The normalized spacial score (nSPS) is 14.1. The van der Waals surface area contributed by atoms with Gasteiger partial charge in [0.05, 0.1) is 17.3 Å². The fourth-order valence-corrected chi connectivity index (χ4v) is 1.40. The molecule has 0 heterocycles. The average Bonchev–Trinajstić information content (AvgIpc) is 2.31. The zero-order valence-electron chi connectivity index (χ0n) is 9.26. The number of nitrogen functional groups attached to an aromatic ring is 1. The Morgan fingerprint density at radius 2 is 2.18 bits per heavy atom. The smallest absolute Gasteiger partial charge is 0.338 e. The van der Waals surface area contributed by atoms with Crippen molar-refractivity contribution in [3.63, 3.8) is 0 Å². The first-order valence-electron chi connectivity index (χ1n) is 5.05. The number of nitrogens with two attached hydrogens (primary N) is 1. The van der Waals surface area contributed by atoms with Crippen LogP contribution in [-0.4, -0.2) is 28.9 Å². The van der Waals surface area contributed by atoms with Crippen molar-refractivity contribution < 1.29 is 19.7 Å². The number of carbonyl (C=O) groups excluding carboxylic acids is 1. The van der Waals surface area contributed by atoms with E-state index in [1.54, 1.807) is 6.92 Å². The molecule has 1 rings (SSSR count). The van der Waals surface area contributed by atoms with E-state index < -0.39 is 18.2 Å². The van der Waals surface area contributed by atoms with E-state index in [2.05, 4.69) is 4.74 Å². The number of hydrogen-bond acceptors (Lipinski definition) is 5. The van der Waals surface area contributed by atoms with Gasteiger partial charge in [-0.05, 0) is 24.6 Å². The van der Waals surface area contributed by atoms with Gasteiger partial charge in [0.1, 0.15) is 6.10 Å². The minimum Gasteiger partial charge on any atom is -0.464 e.